The second-order valence-electron chi connectivity index (χ2n) is 9.75. The summed E-state index contributed by atoms with van der Waals surface area (Å²) in [5.41, 5.74) is 4.89. The Labute approximate surface area is 220 Å². The lowest BCUT2D eigenvalue weighted by molar-refractivity contribution is 0.190. The van der Waals surface area contributed by atoms with Gasteiger partial charge in [0.1, 0.15) is 13.2 Å². The van der Waals surface area contributed by atoms with E-state index in [0.717, 1.165) is 48.8 Å². The minimum absolute atomic E-state index is 0.513. The Bertz CT molecular complexity index is 1210. The van der Waals surface area contributed by atoms with Gasteiger partial charge in [-0.15, -0.1) is 0 Å². The van der Waals surface area contributed by atoms with Crippen molar-refractivity contribution in [2.24, 2.45) is 0 Å². The van der Waals surface area contributed by atoms with Crippen LogP contribution in [0.4, 0.5) is 0 Å². The molecule has 1 aliphatic rings. The maximum Gasteiger partial charge on any atom is 0.162 e. The summed E-state index contributed by atoms with van der Waals surface area (Å²) in [4.78, 5) is 2.56. The number of likely N-dealkylation sites (tertiary alicyclic amines) is 1. The molecule has 1 heterocycles. The van der Waals surface area contributed by atoms with Crippen molar-refractivity contribution in [3.05, 3.63) is 131 Å². The molecule has 190 valence electrons. The van der Waals surface area contributed by atoms with E-state index in [4.69, 9.17) is 9.47 Å². The molecule has 0 aromatic heterocycles. The smallest absolute Gasteiger partial charge is 0.162 e. The zero-order valence-corrected chi connectivity index (χ0v) is 21.4. The van der Waals surface area contributed by atoms with Gasteiger partial charge in [0, 0.05) is 19.1 Å². The average molecular weight is 493 g/mol. The summed E-state index contributed by atoms with van der Waals surface area (Å²) in [6, 6.07) is 38.1. The van der Waals surface area contributed by atoms with Gasteiger partial charge in [0.25, 0.3) is 0 Å². The summed E-state index contributed by atoms with van der Waals surface area (Å²) in [6.07, 6.45) is 2.34. The Morgan fingerprint density at radius 3 is 1.73 bits per heavy atom. The molecular formula is C33H36N2O2. The van der Waals surface area contributed by atoms with E-state index in [1.165, 1.54) is 24.0 Å². The lowest BCUT2D eigenvalue weighted by Gasteiger charge is -2.32. The topological polar surface area (TPSA) is 33.7 Å². The monoisotopic (exact) mass is 492 g/mol. The molecule has 0 bridgehead atoms. The van der Waals surface area contributed by atoms with Crippen LogP contribution >= 0.6 is 0 Å². The highest BCUT2D eigenvalue weighted by Gasteiger charge is 2.19. The van der Waals surface area contributed by atoms with Crippen LogP contribution in [-0.4, -0.2) is 24.0 Å². The third-order valence-electron chi connectivity index (χ3n) is 6.91. The Balaban J connectivity index is 1.17. The fourth-order valence-corrected chi connectivity index (χ4v) is 4.76. The number of nitrogens with zero attached hydrogens (tertiary/aromatic N) is 1. The molecule has 0 saturated carbocycles. The number of rotatable bonds is 11. The highest BCUT2D eigenvalue weighted by molar-refractivity contribution is 5.43. The van der Waals surface area contributed by atoms with Crippen molar-refractivity contribution in [2.75, 3.05) is 13.1 Å². The molecule has 0 radical (unpaired) electrons. The van der Waals surface area contributed by atoms with Crippen molar-refractivity contribution < 1.29 is 9.47 Å². The van der Waals surface area contributed by atoms with Crippen LogP contribution < -0.4 is 14.8 Å². The molecule has 4 heteroatoms. The molecule has 4 aromatic carbocycles. The molecule has 4 nitrogen and oxygen atoms in total. The predicted molar refractivity (Wildman–Crippen MR) is 150 cm³/mol. The van der Waals surface area contributed by atoms with Crippen molar-refractivity contribution in [2.45, 2.75) is 45.2 Å². The Kier molecular flexibility index (Phi) is 8.87. The summed E-state index contributed by atoms with van der Waals surface area (Å²) in [5, 5.41) is 3.78. The first kappa shape index (κ1) is 25.1. The fraction of sp³-hybridized carbons (Fsp3) is 0.273. The Hall–Kier alpha value is -3.60. The highest BCUT2D eigenvalue weighted by Crippen LogP contribution is 2.30. The summed E-state index contributed by atoms with van der Waals surface area (Å²) < 4.78 is 12.4. The van der Waals surface area contributed by atoms with E-state index in [-0.39, 0.29) is 0 Å². The van der Waals surface area contributed by atoms with E-state index in [9.17, 15) is 0 Å². The van der Waals surface area contributed by atoms with Crippen molar-refractivity contribution in [1.82, 2.24) is 10.2 Å². The lowest BCUT2D eigenvalue weighted by Crippen LogP contribution is -2.41. The van der Waals surface area contributed by atoms with Crippen molar-refractivity contribution in [1.29, 1.82) is 0 Å². The predicted octanol–water partition coefficient (Wildman–Crippen LogP) is 6.60. The molecule has 1 N–H and O–H groups in total. The van der Waals surface area contributed by atoms with E-state index in [1.54, 1.807) is 0 Å². The second-order valence-corrected chi connectivity index (χ2v) is 9.75. The highest BCUT2D eigenvalue weighted by atomic mass is 16.5. The number of piperidine rings is 1. The lowest BCUT2D eigenvalue weighted by atomic mass is 10.0. The van der Waals surface area contributed by atoms with E-state index < -0.39 is 0 Å². The van der Waals surface area contributed by atoms with Gasteiger partial charge in [-0.05, 0) is 60.3 Å². The van der Waals surface area contributed by atoms with Gasteiger partial charge >= 0.3 is 0 Å². The Morgan fingerprint density at radius 2 is 1.14 bits per heavy atom. The minimum atomic E-state index is 0.513. The van der Waals surface area contributed by atoms with Crippen LogP contribution in [0.3, 0.4) is 0 Å². The zero-order chi connectivity index (χ0) is 25.1. The standard InChI is InChI=1S/C33H36N2O2/c1-4-10-27(11-5-1)24-35-20-18-31(19-21-35)34-23-30-16-17-32(36-25-28-12-6-2-7-13-28)33(22-30)37-26-29-14-8-3-9-15-29/h1-17,22,31,34H,18-21,23-26H2. The van der Waals surface area contributed by atoms with Crippen LogP contribution in [0.2, 0.25) is 0 Å². The number of benzene rings is 4. The first-order valence-corrected chi connectivity index (χ1v) is 13.3. The van der Waals surface area contributed by atoms with Crippen LogP contribution in [0.1, 0.15) is 35.1 Å². The van der Waals surface area contributed by atoms with E-state index in [1.807, 2.05) is 42.5 Å². The molecule has 1 aliphatic heterocycles. The number of hydrogen-bond donors (Lipinski definition) is 1. The maximum atomic E-state index is 6.26. The van der Waals surface area contributed by atoms with E-state index >= 15 is 0 Å². The summed E-state index contributed by atoms with van der Waals surface area (Å²) in [5.74, 6) is 1.56. The summed E-state index contributed by atoms with van der Waals surface area (Å²) >= 11 is 0. The third kappa shape index (κ3) is 7.69. The van der Waals surface area contributed by atoms with Gasteiger partial charge in [0.05, 0.1) is 0 Å². The number of hydrogen-bond acceptors (Lipinski definition) is 4. The van der Waals surface area contributed by atoms with Crippen LogP contribution in [0.5, 0.6) is 11.5 Å². The first-order chi connectivity index (χ1) is 18.3. The van der Waals surface area contributed by atoms with Crippen LogP contribution in [0, 0.1) is 0 Å². The van der Waals surface area contributed by atoms with Crippen LogP contribution in [-0.2, 0) is 26.3 Å². The van der Waals surface area contributed by atoms with Gasteiger partial charge in [-0.25, -0.2) is 0 Å². The van der Waals surface area contributed by atoms with Gasteiger partial charge in [0.2, 0.25) is 0 Å². The fourth-order valence-electron chi connectivity index (χ4n) is 4.76. The third-order valence-corrected chi connectivity index (χ3v) is 6.91. The van der Waals surface area contributed by atoms with Crippen molar-refractivity contribution in [3.8, 4) is 11.5 Å². The van der Waals surface area contributed by atoms with Crippen LogP contribution in [0.15, 0.2) is 109 Å². The Morgan fingerprint density at radius 1 is 0.595 bits per heavy atom. The molecule has 1 saturated heterocycles. The van der Waals surface area contributed by atoms with E-state index in [2.05, 4.69) is 76.9 Å². The molecule has 0 atom stereocenters. The quantitative estimate of drug-likeness (QED) is 0.256. The molecule has 0 amide bonds. The number of nitrogens with one attached hydrogen (secondary N) is 1. The minimum Gasteiger partial charge on any atom is -0.485 e. The summed E-state index contributed by atoms with van der Waals surface area (Å²) in [6.45, 7) is 5.15. The van der Waals surface area contributed by atoms with Gasteiger partial charge in [-0.1, -0.05) is 97.1 Å². The van der Waals surface area contributed by atoms with E-state index in [0.29, 0.717) is 19.3 Å². The normalized spacial score (nSPS) is 14.4. The molecule has 0 aliphatic carbocycles. The molecule has 0 unspecified atom stereocenters. The molecule has 0 spiro atoms. The first-order valence-electron chi connectivity index (χ1n) is 13.3. The van der Waals surface area contributed by atoms with Crippen LogP contribution in [0.25, 0.3) is 0 Å². The molecule has 4 aromatic rings. The summed E-state index contributed by atoms with van der Waals surface area (Å²) in [7, 11) is 0. The van der Waals surface area contributed by atoms with Crippen molar-refractivity contribution in [3.63, 3.8) is 0 Å². The zero-order valence-electron chi connectivity index (χ0n) is 21.4. The van der Waals surface area contributed by atoms with Gasteiger partial charge in [-0.3, -0.25) is 4.90 Å². The van der Waals surface area contributed by atoms with Gasteiger partial charge in [-0.2, -0.15) is 0 Å². The molecule has 1 fully saturated rings. The van der Waals surface area contributed by atoms with Gasteiger partial charge in [0.15, 0.2) is 11.5 Å². The maximum absolute atomic E-state index is 6.26. The SMILES string of the molecule is c1ccc(COc2ccc(CNC3CCN(Cc4ccccc4)CC3)cc2OCc2ccccc2)cc1. The molecule has 5 rings (SSSR count). The average Bonchev–Trinajstić information content (AvgIpc) is 2.97. The van der Waals surface area contributed by atoms with Gasteiger partial charge < -0.3 is 14.8 Å². The molecule has 37 heavy (non-hydrogen) atoms. The number of ether oxygens (including phenoxy) is 2. The molecular weight excluding hydrogens is 456 g/mol. The second kappa shape index (κ2) is 13.1. The van der Waals surface area contributed by atoms with Crippen molar-refractivity contribution >= 4 is 0 Å². The largest absolute Gasteiger partial charge is 0.485 e.